The van der Waals surface area contributed by atoms with Crippen molar-refractivity contribution in [3.63, 3.8) is 0 Å². The van der Waals surface area contributed by atoms with Crippen molar-refractivity contribution in [2.24, 2.45) is 11.5 Å². The van der Waals surface area contributed by atoms with Gasteiger partial charge in [-0.25, -0.2) is 0 Å². The van der Waals surface area contributed by atoms with Gasteiger partial charge in [0.15, 0.2) is 0 Å². The van der Waals surface area contributed by atoms with Crippen LogP contribution in [-0.2, 0) is 19.2 Å². The minimum absolute atomic E-state index is 0.00903. The zero-order valence-corrected chi connectivity index (χ0v) is 19.6. The van der Waals surface area contributed by atoms with Crippen molar-refractivity contribution in [2.45, 2.75) is 36.3 Å². The Morgan fingerprint density at radius 3 is 2.09 bits per heavy atom. The number of thioether (sulfide) groups is 1. The van der Waals surface area contributed by atoms with Crippen LogP contribution in [0.1, 0.15) is 35.3 Å². The molecular weight excluding hydrogens is 474 g/mol. The van der Waals surface area contributed by atoms with E-state index in [1.165, 1.54) is 11.8 Å². The third-order valence-electron chi connectivity index (χ3n) is 5.74. The molecule has 0 radical (unpaired) electrons. The maximum absolute atomic E-state index is 12.9. The van der Waals surface area contributed by atoms with Gasteiger partial charge in [0.05, 0.1) is 17.4 Å². The number of carbonyl (C=O) groups is 4. The Kier molecular flexibility index (Phi) is 8.62. The smallest absolute Gasteiger partial charge is 0.323 e. The van der Waals surface area contributed by atoms with E-state index in [1.807, 2.05) is 48.5 Å². The third kappa shape index (κ3) is 6.06. The molecule has 35 heavy (non-hydrogen) atoms. The maximum Gasteiger partial charge on any atom is 0.323 e. The molecule has 1 aliphatic carbocycles. The summed E-state index contributed by atoms with van der Waals surface area (Å²) in [5.41, 5.74) is 15.0. The van der Waals surface area contributed by atoms with E-state index in [0.29, 0.717) is 4.90 Å². The first-order chi connectivity index (χ1) is 16.6. The minimum atomic E-state index is -1.41. The summed E-state index contributed by atoms with van der Waals surface area (Å²) < 4.78 is 0. The molecule has 186 valence electrons. The highest BCUT2D eigenvalue weighted by molar-refractivity contribution is 7.99. The summed E-state index contributed by atoms with van der Waals surface area (Å²) in [6, 6.07) is 12.5. The number of hydrogen-bond acceptors (Lipinski definition) is 8. The highest BCUT2D eigenvalue weighted by Crippen LogP contribution is 2.50. The molecule has 1 aliphatic rings. The highest BCUT2D eigenvalue weighted by atomic mass is 32.2. The van der Waals surface area contributed by atoms with Crippen LogP contribution in [0.2, 0.25) is 0 Å². The van der Waals surface area contributed by atoms with Gasteiger partial charge in [0.25, 0.3) is 0 Å². The number of rotatable bonds is 10. The number of carbonyl (C=O) groups excluding carboxylic acids is 2. The zero-order chi connectivity index (χ0) is 25.7. The number of aliphatic hydroxyl groups excluding tert-OH is 1. The van der Waals surface area contributed by atoms with Gasteiger partial charge in [-0.2, -0.15) is 0 Å². The van der Waals surface area contributed by atoms with Gasteiger partial charge in [0.1, 0.15) is 12.6 Å². The molecule has 0 aliphatic heterocycles. The first-order valence-corrected chi connectivity index (χ1v) is 11.9. The lowest BCUT2D eigenvalue weighted by Crippen LogP contribution is -2.50. The summed E-state index contributed by atoms with van der Waals surface area (Å²) in [5.74, 6) is -4.48. The van der Waals surface area contributed by atoms with Gasteiger partial charge in [0, 0.05) is 12.2 Å². The number of aliphatic hydroxyl groups is 1. The fourth-order valence-electron chi connectivity index (χ4n) is 3.95. The second-order valence-electron chi connectivity index (χ2n) is 8.18. The molecule has 10 nitrogen and oxygen atoms in total. The van der Waals surface area contributed by atoms with Crippen LogP contribution >= 0.6 is 11.8 Å². The molecule has 11 heteroatoms. The molecular formula is C24H27N3O7S. The lowest BCUT2D eigenvalue weighted by atomic mass is 9.83. The van der Waals surface area contributed by atoms with Crippen molar-refractivity contribution in [3.8, 4) is 11.1 Å². The molecule has 0 saturated carbocycles. The monoisotopic (exact) mass is 501 g/mol. The van der Waals surface area contributed by atoms with Crippen LogP contribution in [0.15, 0.2) is 48.5 Å². The van der Waals surface area contributed by atoms with Crippen LogP contribution in [-0.4, -0.2) is 68.4 Å². The van der Waals surface area contributed by atoms with Gasteiger partial charge >= 0.3 is 11.9 Å². The largest absolute Gasteiger partial charge is 0.480 e. The molecule has 3 rings (SSSR count). The Labute approximate surface area is 205 Å². The molecule has 4 atom stereocenters. The van der Waals surface area contributed by atoms with Crippen molar-refractivity contribution in [2.75, 3.05) is 12.3 Å². The van der Waals surface area contributed by atoms with Crippen LogP contribution in [0.3, 0.4) is 0 Å². The molecule has 7 N–H and O–H groups in total. The molecule has 0 heterocycles. The number of aliphatic carboxylic acids is 2. The average molecular weight is 502 g/mol. The molecule has 0 unspecified atom stereocenters. The number of hydrogen-bond donors (Lipinski definition) is 5. The number of amides is 2. The van der Waals surface area contributed by atoms with Gasteiger partial charge in [-0.1, -0.05) is 48.5 Å². The maximum atomic E-state index is 12.9. The molecule has 0 saturated heterocycles. The first kappa shape index (κ1) is 26.4. The summed E-state index contributed by atoms with van der Waals surface area (Å²) in [7, 11) is 0. The van der Waals surface area contributed by atoms with Crippen LogP contribution in [0.25, 0.3) is 11.1 Å². The Hall–Kier alpha value is -3.25. The molecule has 0 spiro atoms. The van der Waals surface area contributed by atoms with Crippen molar-refractivity contribution < 1.29 is 34.5 Å². The minimum Gasteiger partial charge on any atom is -0.480 e. The van der Waals surface area contributed by atoms with E-state index in [0.717, 1.165) is 22.3 Å². The average Bonchev–Trinajstić information content (AvgIpc) is 2.84. The number of fused-ring (bicyclic) bond motifs is 3. The molecule has 0 aromatic heterocycles. The Balaban J connectivity index is 1.72. The van der Waals surface area contributed by atoms with Crippen LogP contribution in [0.5, 0.6) is 0 Å². The lowest BCUT2D eigenvalue weighted by Gasteiger charge is -2.33. The number of nitrogens with zero attached hydrogens (tertiary/aromatic N) is 1. The summed E-state index contributed by atoms with van der Waals surface area (Å²) in [6.07, 6.45) is -1.54. The molecule has 2 aromatic rings. The van der Waals surface area contributed by atoms with E-state index in [1.54, 1.807) is 0 Å². The van der Waals surface area contributed by atoms with Crippen molar-refractivity contribution >= 4 is 35.5 Å². The number of carboxylic acids is 2. The normalized spacial score (nSPS) is 18.0. The third-order valence-corrected chi connectivity index (χ3v) is 7.17. The van der Waals surface area contributed by atoms with E-state index in [-0.39, 0.29) is 12.2 Å². The summed E-state index contributed by atoms with van der Waals surface area (Å²) >= 11 is 1.24. The summed E-state index contributed by atoms with van der Waals surface area (Å²) in [4.78, 5) is 48.0. The molecule has 0 fully saturated rings. The number of nitrogens with two attached hydrogens (primary N) is 2. The topological polar surface area (TPSA) is 184 Å². The van der Waals surface area contributed by atoms with E-state index in [2.05, 4.69) is 0 Å². The highest BCUT2D eigenvalue weighted by Gasteiger charge is 2.35. The van der Waals surface area contributed by atoms with Crippen LogP contribution < -0.4 is 11.5 Å². The predicted molar refractivity (Wildman–Crippen MR) is 129 cm³/mol. The van der Waals surface area contributed by atoms with Gasteiger partial charge in [-0.3, -0.25) is 24.1 Å². The first-order valence-electron chi connectivity index (χ1n) is 10.9. The number of benzene rings is 2. The van der Waals surface area contributed by atoms with Gasteiger partial charge < -0.3 is 26.8 Å². The quantitative estimate of drug-likeness (QED) is 0.316. The predicted octanol–water partition coefficient (Wildman–Crippen LogP) is 1.13. The second-order valence-corrected chi connectivity index (χ2v) is 9.35. The van der Waals surface area contributed by atoms with Crippen molar-refractivity contribution in [1.82, 2.24) is 4.90 Å². The van der Waals surface area contributed by atoms with Crippen LogP contribution in [0, 0.1) is 0 Å². The van der Waals surface area contributed by atoms with E-state index >= 15 is 0 Å². The molecule has 2 aromatic carbocycles. The SMILES string of the molecule is N[C@@H](CCC(=O)N(CC(=O)O)C(=O)[C@@H](N)CS[C@@H]1c2ccccc2-c2ccccc2[C@H]1O)C(=O)O. The summed E-state index contributed by atoms with van der Waals surface area (Å²) in [6.45, 7) is -0.902. The fourth-order valence-corrected chi connectivity index (χ4v) is 5.22. The molecule has 0 bridgehead atoms. The Bertz CT molecular complexity index is 1130. The van der Waals surface area contributed by atoms with Gasteiger partial charge in [-0.15, -0.1) is 11.8 Å². The van der Waals surface area contributed by atoms with Crippen molar-refractivity contribution in [1.29, 1.82) is 0 Å². The van der Waals surface area contributed by atoms with Crippen molar-refractivity contribution in [3.05, 3.63) is 59.7 Å². The van der Waals surface area contributed by atoms with E-state index in [9.17, 15) is 24.3 Å². The standard InChI is InChI=1S/C24H27N3O7S/c25-17(24(33)34)9-10-19(28)27(11-20(29)30)23(32)18(26)12-35-22-16-8-4-2-6-14(16)13-5-1-3-7-15(13)21(22)31/h1-8,17-18,21-22,31H,9-12,25-26H2,(H,29,30)(H,33,34)/t17-,18-,21+,22+/m0/s1. The van der Waals surface area contributed by atoms with Gasteiger partial charge in [-0.05, 0) is 28.7 Å². The van der Waals surface area contributed by atoms with Crippen LogP contribution in [0.4, 0.5) is 0 Å². The Morgan fingerprint density at radius 1 is 0.914 bits per heavy atom. The number of carboxylic acid groups (broad SMARTS) is 2. The molecule has 2 amide bonds. The zero-order valence-electron chi connectivity index (χ0n) is 18.7. The lowest BCUT2D eigenvalue weighted by molar-refractivity contribution is -0.153. The summed E-state index contributed by atoms with van der Waals surface area (Å²) in [5, 5.41) is 28.6. The van der Waals surface area contributed by atoms with E-state index < -0.39 is 60.2 Å². The van der Waals surface area contributed by atoms with E-state index in [4.69, 9.17) is 21.7 Å². The fraction of sp³-hybridized carbons (Fsp3) is 0.333. The van der Waals surface area contributed by atoms with Gasteiger partial charge in [0.2, 0.25) is 11.8 Å². The second kappa shape index (κ2) is 11.5. The number of imide groups is 1. The Morgan fingerprint density at radius 2 is 1.49 bits per heavy atom.